The summed E-state index contributed by atoms with van der Waals surface area (Å²) >= 11 is 0. The molecule has 0 spiro atoms. The van der Waals surface area contributed by atoms with Gasteiger partial charge in [0, 0.05) is 12.6 Å². The molecule has 0 aliphatic rings. The van der Waals surface area contributed by atoms with E-state index >= 15 is 0 Å². The van der Waals surface area contributed by atoms with Gasteiger partial charge in [0.2, 0.25) is 0 Å². The Hall–Kier alpha value is -1.02. The molecule has 1 rings (SSSR count). The van der Waals surface area contributed by atoms with Crippen molar-refractivity contribution in [2.45, 2.75) is 59.1 Å². The molecule has 1 atom stereocenters. The van der Waals surface area contributed by atoms with Crippen LogP contribution in [-0.4, -0.2) is 18.7 Å². The van der Waals surface area contributed by atoms with Crippen LogP contribution in [0.4, 0.5) is 0 Å². The second-order valence-electron chi connectivity index (χ2n) is 5.09. The van der Waals surface area contributed by atoms with E-state index in [4.69, 9.17) is 4.74 Å². The summed E-state index contributed by atoms with van der Waals surface area (Å²) in [6, 6.07) is 8.94. The van der Waals surface area contributed by atoms with Crippen molar-refractivity contribution in [3.63, 3.8) is 0 Å². The van der Waals surface area contributed by atoms with Gasteiger partial charge in [0.1, 0.15) is 11.9 Å². The number of nitrogens with one attached hydrogen (secondary N) is 1. The molecular weight excluding hydrogens is 222 g/mol. The molecule has 0 aliphatic heterocycles. The van der Waals surface area contributed by atoms with Crippen LogP contribution in [0.1, 0.15) is 46.1 Å². The molecule has 1 aromatic carbocycles. The molecule has 0 bridgehead atoms. The standard InChI is InChI=1S/C16H27NO/c1-5-8-16(12-17-13(3)4)18-15-10-7-9-14(6-2)11-15/h7,9-11,13,16-17H,5-6,8,12H2,1-4H3. The molecule has 102 valence electrons. The highest BCUT2D eigenvalue weighted by atomic mass is 16.5. The van der Waals surface area contributed by atoms with Gasteiger partial charge in [0.25, 0.3) is 0 Å². The van der Waals surface area contributed by atoms with Crippen molar-refractivity contribution in [1.82, 2.24) is 5.32 Å². The fraction of sp³-hybridized carbons (Fsp3) is 0.625. The summed E-state index contributed by atoms with van der Waals surface area (Å²) in [7, 11) is 0. The summed E-state index contributed by atoms with van der Waals surface area (Å²) < 4.78 is 6.09. The maximum Gasteiger partial charge on any atom is 0.120 e. The molecule has 0 saturated heterocycles. The predicted molar refractivity (Wildman–Crippen MR) is 78.3 cm³/mol. The van der Waals surface area contributed by atoms with Crippen LogP contribution >= 0.6 is 0 Å². The lowest BCUT2D eigenvalue weighted by molar-refractivity contribution is 0.183. The number of ether oxygens (including phenoxy) is 1. The smallest absolute Gasteiger partial charge is 0.120 e. The first kappa shape index (κ1) is 15.0. The monoisotopic (exact) mass is 249 g/mol. The summed E-state index contributed by atoms with van der Waals surface area (Å²) in [6.45, 7) is 9.63. The minimum Gasteiger partial charge on any atom is -0.489 e. The summed E-state index contributed by atoms with van der Waals surface area (Å²) in [5.74, 6) is 0.998. The largest absolute Gasteiger partial charge is 0.489 e. The molecule has 0 aliphatic carbocycles. The normalized spacial score (nSPS) is 12.7. The molecular formula is C16H27NO. The highest BCUT2D eigenvalue weighted by Gasteiger charge is 2.10. The fourth-order valence-electron chi connectivity index (χ4n) is 1.92. The van der Waals surface area contributed by atoms with E-state index in [9.17, 15) is 0 Å². The Balaban J connectivity index is 2.57. The first-order valence-corrected chi connectivity index (χ1v) is 7.14. The van der Waals surface area contributed by atoms with Gasteiger partial charge >= 0.3 is 0 Å². The van der Waals surface area contributed by atoms with E-state index in [0.29, 0.717) is 6.04 Å². The van der Waals surface area contributed by atoms with E-state index < -0.39 is 0 Å². The Morgan fingerprint density at radius 2 is 2.00 bits per heavy atom. The van der Waals surface area contributed by atoms with Gasteiger partial charge < -0.3 is 10.1 Å². The topological polar surface area (TPSA) is 21.3 Å². The van der Waals surface area contributed by atoms with Crippen LogP contribution in [0, 0.1) is 0 Å². The molecule has 2 heteroatoms. The molecule has 0 heterocycles. The first-order chi connectivity index (χ1) is 8.65. The number of rotatable bonds is 8. The van der Waals surface area contributed by atoms with Gasteiger partial charge in [-0.1, -0.05) is 46.2 Å². The number of aryl methyl sites for hydroxylation is 1. The summed E-state index contributed by atoms with van der Waals surface area (Å²) in [6.07, 6.45) is 3.57. The van der Waals surface area contributed by atoms with E-state index in [1.807, 2.05) is 0 Å². The zero-order valence-electron chi connectivity index (χ0n) is 12.2. The lowest BCUT2D eigenvalue weighted by Crippen LogP contribution is -2.35. The maximum atomic E-state index is 6.09. The van der Waals surface area contributed by atoms with Gasteiger partial charge in [-0.05, 0) is 30.5 Å². The zero-order valence-corrected chi connectivity index (χ0v) is 12.2. The molecule has 0 saturated carbocycles. The van der Waals surface area contributed by atoms with Crippen molar-refractivity contribution < 1.29 is 4.74 Å². The van der Waals surface area contributed by atoms with E-state index in [2.05, 4.69) is 57.3 Å². The average molecular weight is 249 g/mol. The van der Waals surface area contributed by atoms with Gasteiger partial charge in [-0.15, -0.1) is 0 Å². The summed E-state index contributed by atoms with van der Waals surface area (Å²) in [4.78, 5) is 0. The Labute approximate surface area is 112 Å². The van der Waals surface area contributed by atoms with Crippen LogP contribution in [0.25, 0.3) is 0 Å². The molecule has 0 fully saturated rings. The number of hydrogen-bond acceptors (Lipinski definition) is 2. The van der Waals surface area contributed by atoms with Gasteiger partial charge in [-0.25, -0.2) is 0 Å². The summed E-state index contributed by atoms with van der Waals surface area (Å²) in [5, 5.41) is 3.45. The highest BCUT2D eigenvalue weighted by molar-refractivity contribution is 5.28. The minimum absolute atomic E-state index is 0.268. The van der Waals surface area contributed by atoms with Crippen molar-refractivity contribution in [2.75, 3.05) is 6.54 Å². The molecule has 0 aromatic heterocycles. The lowest BCUT2D eigenvalue weighted by Gasteiger charge is -2.21. The van der Waals surface area contributed by atoms with Gasteiger partial charge in [0.15, 0.2) is 0 Å². The average Bonchev–Trinajstić information content (AvgIpc) is 2.36. The van der Waals surface area contributed by atoms with E-state index in [0.717, 1.165) is 31.6 Å². The van der Waals surface area contributed by atoms with Crippen molar-refractivity contribution in [3.8, 4) is 5.75 Å². The van der Waals surface area contributed by atoms with Crippen LogP contribution in [-0.2, 0) is 6.42 Å². The Morgan fingerprint density at radius 1 is 1.22 bits per heavy atom. The SMILES string of the molecule is CCCC(CNC(C)C)Oc1cccc(CC)c1. The lowest BCUT2D eigenvalue weighted by atomic mass is 10.1. The van der Waals surface area contributed by atoms with Gasteiger partial charge in [-0.3, -0.25) is 0 Å². The fourth-order valence-corrected chi connectivity index (χ4v) is 1.92. The maximum absolute atomic E-state index is 6.09. The van der Waals surface area contributed by atoms with Crippen LogP contribution < -0.4 is 10.1 Å². The Bertz CT molecular complexity index is 336. The predicted octanol–water partition coefficient (Wildman–Crippen LogP) is 3.79. The van der Waals surface area contributed by atoms with Crippen LogP contribution in [0.3, 0.4) is 0 Å². The van der Waals surface area contributed by atoms with Crippen LogP contribution in [0.15, 0.2) is 24.3 Å². The number of hydrogen-bond donors (Lipinski definition) is 1. The molecule has 1 aromatic rings. The van der Waals surface area contributed by atoms with Crippen molar-refractivity contribution in [3.05, 3.63) is 29.8 Å². The van der Waals surface area contributed by atoms with Crippen LogP contribution in [0.5, 0.6) is 5.75 Å². The van der Waals surface area contributed by atoms with Crippen molar-refractivity contribution in [1.29, 1.82) is 0 Å². The van der Waals surface area contributed by atoms with Crippen LogP contribution in [0.2, 0.25) is 0 Å². The summed E-state index contributed by atoms with van der Waals surface area (Å²) in [5.41, 5.74) is 1.33. The second-order valence-corrected chi connectivity index (χ2v) is 5.09. The Morgan fingerprint density at radius 3 is 2.61 bits per heavy atom. The molecule has 1 N–H and O–H groups in total. The zero-order chi connectivity index (χ0) is 13.4. The third-order valence-corrected chi connectivity index (χ3v) is 2.97. The van der Waals surface area contributed by atoms with E-state index in [-0.39, 0.29) is 6.10 Å². The minimum atomic E-state index is 0.268. The molecule has 0 amide bonds. The number of benzene rings is 1. The van der Waals surface area contributed by atoms with Gasteiger partial charge in [-0.2, -0.15) is 0 Å². The quantitative estimate of drug-likeness (QED) is 0.756. The second kappa shape index (κ2) is 8.15. The molecule has 2 nitrogen and oxygen atoms in total. The van der Waals surface area contributed by atoms with Crippen molar-refractivity contribution >= 4 is 0 Å². The van der Waals surface area contributed by atoms with Crippen molar-refractivity contribution in [2.24, 2.45) is 0 Å². The molecule has 18 heavy (non-hydrogen) atoms. The molecule has 0 radical (unpaired) electrons. The third-order valence-electron chi connectivity index (χ3n) is 2.97. The van der Waals surface area contributed by atoms with Gasteiger partial charge in [0.05, 0.1) is 0 Å². The Kier molecular flexibility index (Phi) is 6.81. The molecule has 1 unspecified atom stereocenters. The van der Waals surface area contributed by atoms with E-state index in [1.54, 1.807) is 0 Å². The highest BCUT2D eigenvalue weighted by Crippen LogP contribution is 2.16. The van der Waals surface area contributed by atoms with E-state index in [1.165, 1.54) is 5.56 Å². The third kappa shape index (κ3) is 5.54. The first-order valence-electron chi connectivity index (χ1n) is 7.14.